The summed E-state index contributed by atoms with van der Waals surface area (Å²) in [5, 5.41) is 0. The summed E-state index contributed by atoms with van der Waals surface area (Å²) < 4.78 is 0. The van der Waals surface area contributed by atoms with Crippen molar-refractivity contribution in [3.63, 3.8) is 0 Å². The largest absolute Gasteiger partial charge is 0.370 e. The predicted molar refractivity (Wildman–Crippen MR) is 82.0 cm³/mol. The second-order valence-corrected chi connectivity index (χ2v) is 5.31. The van der Waals surface area contributed by atoms with Crippen LogP contribution in [0.2, 0.25) is 0 Å². The SMILES string of the molecule is NC(=O)CCCN1CCN(c2cccc(C(N)=O)c2)CC1. The second kappa shape index (κ2) is 7.08. The minimum Gasteiger partial charge on any atom is -0.370 e. The summed E-state index contributed by atoms with van der Waals surface area (Å²) in [4.78, 5) is 26.5. The van der Waals surface area contributed by atoms with Crippen molar-refractivity contribution >= 4 is 17.5 Å². The van der Waals surface area contributed by atoms with Crippen molar-refractivity contribution in [2.24, 2.45) is 11.5 Å². The van der Waals surface area contributed by atoms with Gasteiger partial charge in [0, 0.05) is 43.9 Å². The van der Waals surface area contributed by atoms with E-state index in [0.717, 1.165) is 44.8 Å². The Labute approximate surface area is 124 Å². The van der Waals surface area contributed by atoms with Gasteiger partial charge in [0.15, 0.2) is 0 Å². The molecule has 2 amide bonds. The fraction of sp³-hybridized carbons (Fsp3) is 0.467. The molecule has 1 fully saturated rings. The molecule has 1 saturated heterocycles. The number of carbonyl (C=O) groups excluding carboxylic acids is 2. The number of hydrogen-bond donors (Lipinski definition) is 2. The van der Waals surface area contributed by atoms with Gasteiger partial charge in [-0.25, -0.2) is 0 Å². The lowest BCUT2D eigenvalue weighted by atomic mass is 10.1. The molecule has 4 N–H and O–H groups in total. The van der Waals surface area contributed by atoms with Crippen molar-refractivity contribution in [1.29, 1.82) is 0 Å². The molecule has 0 bridgehead atoms. The highest BCUT2D eigenvalue weighted by molar-refractivity contribution is 5.93. The maximum absolute atomic E-state index is 11.2. The van der Waals surface area contributed by atoms with E-state index in [1.807, 2.05) is 18.2 Å². The first kappa shape index (κ1) is 15.3. The number of benzene rings is 1. The van der Waals surface area contributed by atoms with E-state index < -0.39 is 5.91 Å². The molecule has 1 heterocycles. The van der Waals surface area contributed by atoms with Crippen LogP contribution in [0.3, 0.4) is 0 Å². The van der Waals surface area contributed by atoms with E-state index in [2.05, 4.69) is 9.80 Å². The van der Waals surface area contributed by atoms with Gasteiger partial charge in [-0.3, -0.25) is 14.5 Å². The van der Waals surface area contributed by atoms with E-state index in [9.17, 15) is 9.59 Å². The van der Waals surface area contributed by atoms with Crippen molar-refractivity contribution in [1.82, 2.24) is 4.90 Å². The summed E-state index contributed by atoms with van der Waals surface area (Å²) in [7, 11) is 0. The molecule has 6 heteroatoms. The van der Waals surface area contributed by atoms with Crippen LogP contribution >= 0.6 is 0 Å². The van der Waals surface area contributed by atoms with E-state index in [-0.39, 0.29) is 5.91 Å². The van der Waals surface area contributed by atoms with E-state index >= 15 is 0 Å². The molecule has 114 valence electrons. The number of nitrogens with zero attached hydrogens (tertiary/aromatic N) is 2. The number of anilines is 1. The minimum absolute atomic E-state index is 0.239. The molecule has 0 radical (unpaired) electrons. The Hall–Kier alpha value is -2.08. The number of primary amides is 2. The van der Waals surface area contributed by atoms with E-state index in [1.54, 1.807) is 6.07 Å². The van der Waals surface area contributed by atoms with Crippen LogP contribution in [0.5, 0.6) is 0 Å². The fourth-order valence-electron chi connectivity index (χ4n) is 2.56. The van der Waals surface area contributed by atoms with Gasteiger partial charge >= 0.3 is 0 Å². The standard InChI is InChI=1S/C15H22N4O2/c16-14(20)5-2-6-18-7-9-19(10-8-18)13-4-1-3-12(11-13)15(17)21/h1,3-4,11H,2,5-10H2,(H2,16,20)(H2,17,21). The number of nitrogens with two attached hydrogens (primary N) is 2. The molecule has 0 saturated carbocycles. The highest BCUT2D eigenvalue weighted by Crippen LogP contribution is 2.18. The summed E-state index contributed by atoms with van der Waals surface area (Å²) in [5.41, 5.74) is 12.0. The monoisotopic (exact) mass is 290 g/mol. The zero-order valence-electron chi connectivity index (χ0n) is 12.1. The first-order valence-corrected chi connectivity index (χ1v) is 7.22. The Morgan fingerprint density at radius 1 is 1.10 bits per heavy atom. The average Bonchev–Trinajstić information content (AvgIpc) is 2.48. The molecule has 6 nitrogen and oxygen atoms in total. The molecule has 0 spiro atoms. The molecule has 1 aliphatic rings. The van der Waals surface area contributed by atoms with Crippen LogP contribution in [0, 0.1) is 0 Å². The fourth-order valence-corrected chi connectivity index (χ4v) is 2.56. The van der Waals surface area contributed by atoms with Gasteiger partial charge in [-0.05, 0) is 31.2 Å². The number of rotatable bonds is 6. The molecule has 1 aliphatic heterocycles. The summed E-state index contributed by atoms with van der Waals surface area (Å²) in [6.45, 7) is 4.59. The summed E-state index contributed by atoms with van der Waals surface area (Å²) in [6, 6.07) is 7.42. The molecule has 0 unspecified atom stereocenters. The molecule has 21 heavy (non-hydrogen) atoms. The van der Waals surface area contributed by atoms with Gasteiger partial charge in [-0.15, -0.1) is 0 Å². The lowest BCUT2D eigenvalue weighted by Gasteiger charge is -2.36. The minimum atomic E-state index is -0.401. The van der Waals surface area contributed by atoms with E-state index in [1.165, 1.54) is 0 Å². The van der Waals surface area contributed by atoms with Crippen LogP contribution in [0.1, 0.15) is 23.2 Å². The van der Waals surface area contributed by atoms with Crippen molar-refractivity contribution in [2.45, 2.75) is 12.8 Å². The second-order valence-electron chi connectivity index (χ2n) is 5.31. The van der Waals surface area contributed by atoms with Gasteiger partial charge < -0.3 is 16.4 Å². The van der Waals surface area contributed by atoms with Gasteiger partial charge in [0.2, 0.25) is 11.8 Å². The molecular weight excluding hydrogens is 268 g/mol. The highest BCUT2D eigenvalue weighted by Gasteiger charge is 2.17. The van der Waals surface area contributed by atoms with Crippen molar-refractivity contribution in [3.8, 4) is 0 Å². The maximum atomic E-state index is 11.2. The molecule has 1 aromatic rings. The van der Waals surface area contributed by atoms with Gasteiger partial charge in [-0.1, -0.05) is 6.07 Å². The Kier molecular flexibility index (Phi) is 5.16. The number of piperazine rings is 1. The Balaban J connectivity index is 1.84. The summed E-state index contributed by atoms with van der Waals surface area (Å²) >= 11 is 0. The first-order valence-electron chi connectivity index (χ1n) is 7.22. The van der Waals surface area contributed by atoms with Crippen LogP contribution in [0.25, 0.3) is 0 Å². The first-order chi connectivity index (χ1) is 10.1. The van der Waals surface area contributed by atoms with Gasteiger partial charge in [0.1, 0.15) is 0 Å². The Bertz CT molecular complexity index is 510. The van der Waals surface area contributed by atoms with E-state index in [0.29, 0.717) is 12.0 Å². The normalized spacial score (nSPS) is 15.9. The number of amides is 2. The topological polar surface area (TPSA) is 92.7 Å². The zero-order valence-corrected chi connectivity index (χ0v) is 12.1. The lowest BCUT2D eigenvalue weighted by Crippen LogP contribution is -2.46. The van der Waals surface area contributed by atoms with Crippen molar-refractivity contribution in [3.05, 3.63) is 29.8 Å². The predicted octanol–water partition coefficient (Wildman–Crippen LogP) is 0.173. The van der Waals surface area contributed by atoms with Gasteiger partial charge in [0.25, 0.3) is 0 Å². The summed E-state index contributed by atoms with van der Waals surface area (Å²) in [6.07, 6.45) is 1.26. The third-order valence-corrected chi connectivity index (χ3v) is 3.77. The molecule has 0 aliphatic carbocycles. The van der Waals surface area contributed by atoms with E-state index in [4.69, 9.17) is 11.5 Å². The average molecular weight is 290 g/mol. The Morgan fingerprint density at radius 2 is 1.81 bits per heavy atom. The highest BCUT2D eigenvalue weighted by atomic mass is 16.1. The maximum Gasteiger partial charge on any atom is 0.248 e. The smallest absolute Gasteiger partial charge is 0.248 e. The molecule has 0 aromatic heterocycles. The van der Waals surface area contributed by atoms with Crippen LogP contribution < -0.4 is 16.4 Å². The van der Waals surface area contributed by atoms with Crippen LogP contribution in [0.15, 0.2) is 24.3 Å². The summed E-state index contributed by atoms with van der Waals surface area (Å²) in [5.74, 6) is -0.640. The van der Waals surface area contributed by atoms with Crippen molar-refractivity contribution < 1.29 is 9.59 Å². The third kappa shape index (κ3) is 4.46. The molecule has 2 rings (SSSR count). The number of hydrogen-bond acceptors (Lipinski definition) is 4. The lowest BCUT2D eigenvalue weighted by molar-refractivity contribution is -0.118. The molecule has 1 aromatic carbocycles. The van der Waals surface area contributed by atoms with Crippen molar-refractivity contribution in [2.75, 3.05) is 37.6 Å². The third-order valence-electron chi connectivity index (χ3n) is 3.77. The zero-order chi connectivity index (χ0) is 15.2. The number of carbonyl (C=O) groups is 2. The quantitative estimate of drug-likeness (QED) is 0.781. The van der Waals surface area contributed by atoms with Gasteiger partial charge in [-0.2, -0.15) is 0 Å². The van der Waals surface area contributed by atoms with Crippen LogP contribution in [0.4, 0.5) is 5.69 Å². The van der Waals surface area contributed by atoms with Crippen LogP contribution in [-0.4, -0.2) is 49.4 Å². The van der Waals surface area contributed by atoms with Crippen LogP contribution in [-0.2, 0) is 4.79 Å². The molecule has 0 atom stereocenters. The molecular formula is C15H22N4O2. The van der Waals surface area contributed by atoms with Gasteiger partial charge in [0.05, 0.1) is 0 Å². The Morgan fingerprint density at radius 3 is 2.43 bits per heavy atom.